The Hall–Kier alpha value is -6.52. The molecule has 0 spiro atoms. The number of hydrogen-bond donors (Lipinski definition) is 0. The van der Waals surface area contributed by atoms with E-state index >= 15 is 0 Å². The number of unbranched alkanes of at least 4 members (excludes halogenated alkanes) is 12. The smallest absolute Gasteiger partial charge is 0.453 e. The molecule has 0 N–H and O–H groups in total. The van der Waals surface area contributed by atoms with Gasteiger partial charge in [-0.05, 0) is 102 Å². The van der Waals surface area contributed by atoms with Crippen molar-refractivity contribution in [1.82, 2.24) is 0 Å². The van der Waals surface area contributed by atoms with Crippen molar-refractivity contribution < 1.29 is 55.7 Å². The van der Waals surface area contributed by atoms with Crippen LogP contribution in [0.2, 0.25) is 0 Å². The van der Waals surface area contributed by atoms with Crippen molar-refractivity contribution in [1.29, 1.82) is 0 Å². The third-order valence-electron chi connectivity index (χ3n) is 15.0. The Kier molecular flexibility index (Phi) is 26.5. The molecule has 1 aliphatic rings. The van der Waals surface area contributed by atoms with Gasteiger partial charge < -0.3 is 50.9 Å². The van der Waals surface area contributed by atoms with Crippen LogP contribution in [-0.4, -0.2) is 47.2 Å². The van der Waals surface area contributed by atoms with Gasteiger partial charge in [0.15, 0.2) is 0 Å². The van der Waals surface area contributed by atoms with Gasteiger partial charge in [-0.25, -0.2) is 4.79 Å². The molecule has 0 saturated carbocycles. The molecule has 0 radical (unpaired) electrons. The Bertz CT molecular complexity index is 3120. The number of hydrogen-bond acceptors (Lipinski definition) is 12. The highest BCUT2D eigenvalue weighted by Gasteiger charge is 2.36. The van der Waals surface area contributed by atoms with Gasteiger partial charge in [0.2, 0.25) is 0 Å². The number of carbonyl (C=O) groups is 2. The van der Waals surface area contributed by atoms with Crippen molar-refractivity contribution in [3.63, 3.8) is 0 Å². The number of methoxy groups -OCH3 is 4. The molecule has 0 bridgehead atoms. The number of rotatable bonds is 24. The van der Waals surface area contributed by atoms with E-state index in [9.17, 15) is 9.59 Å². The average molecular weight is 1200 g/mol. The average Bonchev–Trinajstić information content (AvgIpc) is 1.48. The first kappa shape index (κ1) is 70.2. The molecule has 7 rings (SSSR count). The zero-order valence-electron chi connectivity index (χ0n) is 55.7. The molecular weight excluding hydrogens is 1100 g/mol. The summed E-state index contributed by atoms with van der Waals surface area (Å²) in [5, 5.41) is 1.57. The van der Waals surface area contributed by atoms with E-state index in [0.717, 1.165) is 52.2 Å². The van der Waals surface area contributed by atoms with E-state index < -0.39 is 31.5 Å². The Morgan fingerprint density at radius 1 is 0.465 bits per heavy atom. The standard InChI is InChI=1S/C52H61O11P.C11H22O.C10H20/c1-49(2,3)38-25-29(54-13)21-34(43(38)59-48-58-42-20-18-17-19-33(42)47(53)60-48)35-22-30(55-14)26-39(50(4,5)6)44(35)61-64-62-45-36(23-31(56-15)27-40(45)51(7,8)9)37-24-32(57-16)28-41(46(37)63-64)52(10,11)12;1-2-3-4-5-6-7-8-9-10-11-12;1-3-5-7-9-10-8-6-4-2/h17-28,48H,1-16H3;11H,2-10H2,1H3;9-10H,3-8H2,1-2H3/b;;10-9+. The van der Waals surface area contributed by atoms with E-state index in [4.69, 9.17) is 46.1 Å². The summed E-state index contributed by atoms with van der Waals surface area (Å²) >= 11 is 0. The van der Waals surface area contributed by atoms with Gasteiger partial charge in [0.05, 0.1) is 28.4 Å². The first-order chi connectivity index (χ1) is 40.8. The number of para-hydroxylation sites is 1. The highest BCUT2D eigenvalue weighted by molar-refractivity contribution is 7.32. The number of carbonyl (C=O) groups excluding carboxylic acids is 2. The summed E-state index contributed by atoms with van der Waals surface area (Å²) in [6.45, 7) is 30.6. The summed E-state index contributed by atoms with van der Waals surface area (Å²) in [7, 11) is 4.29. The van der Waals surface area contributed by atoms with E-state index in [1.807, 2.05) is 48.5 Å². The summed E-state index contributed by atoms with van der Waals surface area (Å²) in [5.41, 5.74) is 4.24. The van der Waals surface area contributed by atoms with E-state index in [2.05, 4.69) is 116 Å². The number of fused-ring (bicyclic) bond motifs is 4. The van der Waals surface area contributed by atoms with E-state index in [-0.39, 0.29) is 10.8 Å². The van der Waals surface area contributed by atoms with Gasteiger partial charge in [-0.15, -0.1) is 0 Å². The third kappa shape index (κ3) is 19.5. The Morgan fingerprint density at radius 3 is 1.31 bits per heavy atom. The zero-order valence-corrected chi connectivity index (χ0v) is 56.6. The highest BCUT2D eigenvalue weighted by atomic mass is 31.1. The molecule has 1 aliphatic heterocycles. The Labute approximate surface area is 516 Å². The molecule has 5 aromatic carbocycles. The maximum absolute atomic E-state index is 13.3. The molecule has 86 heavy (non-hydrogen) atoms. The monoisotopic (exact) mass is 1200 g/mol. The van der Waals surface area contributed by atoms with Crippen molar-refractivity contribution in [3.05, 3.63) is 113 Å². The lowest BCUT2D eigenvalue weighted by Crippen LogP contribution is -2.35. The number of benzene rings is 5. The fourth-order valence-corrected chi connectivity index (χ4v) is 11.2. The normalized spacial score (nSPS) is 13.4. The summed E-state index contributed by atoms with van der Waals surface area (Å²) in [5.74, 6) is 3.12. The second kappa shape index (κ2) is 32.5. The topological polar surface area (TPSA) is 134 Å². The van der Waals surface area contributed by atoms with Crippen LogP contribution in [0, 0.1) is 0 Å². The van der Waals surface area contributed by atoms with Crippen molar-refractivity contribution in [2.45, 2.75) is 228 Å². The molecular formula is C73H103O12P. The predicted molar refractivity (Wildman–Crippen MR) is 354 cm³/mol. The third-order valence-corrected chi connectivity index (χ3v) is 16.0. The second-order valence-electron chi connectivity index (χ2n) is 26.3. The summed E-state index contributed by atoms with van der Waals surface area (Å²) in [4.78, 5) is 23.3. The van der Waals surface area contributed by atoms with E-state index in [1.54, 1.807) is 52.7 Å². The minimum atomic E-state index is -2.28. The van der Waals surface area contributed by atoms with Crippen LogP contribution in [0.4, 0.5) is 0 Å². The lowest BCUT2D eigenvalue weighted by atomic mass is 9.81. The molecule has 1 unspecified atom stereocenters. The van der Waals surface area contributed by atoms with Crippen LogP contribution in [0.5, 0.6) is 40.2 Å². The van der Waals surface area contributed by atoms with Crippen molar-refractivity contribution in [2.24, 2.45) is 0 Å². The van der Waals surface area contributed by atoms with Crippen LogP contribution < -0.4 is 32.9 Å². The molecule has 0 fully saturated rings. The van der Waals surface area contributed by atoms with Crippen molar-refractivity contribution in [3.8, 4) is 51.4 Å². The maximum Gasteiger partial charge on any atom is 0.453 e. The van der Waals surface area contributed by atoms with Gasteiger partial charge in [0.25, 0.3) is 0 Å². The van der Waals surface area contributed by atoms with Gasteiger partial charge in [-0.1, -0.05) is 199 Å². The maximum atomic E-state index is 13.3. The van der Waals surface area contributed by atoms with Gasteiger partial charge >= 0.3 is 20.7 Å². The summed E-state index contributed by atoms with van der Waals surface area (Å²) < 4.78 is 64.1. The van der Waals surface area contributed by atoms with Gasteiger partial charge in [0.1, 0.15) is 63.3 Å². The van der Waals surface area contributed by atoms with Crippen molar-refractivity contribution >= 4 is 42.4 Å². The van der Waals surface area contributed by atoms with Crippen LogP contribution >= 0.6 is 8.24 Å². The minimum absolute atomic E-state index is 0.307. The molecule has 0 amide bonds. The number of cyclic esters (lactones) is 1. The molecule has 2 heterocycles. The fourth-order valence-electron chi connectivity index (χ4n) is 10.0. The zero-order chi connectivity index (χ0) is 63.4. The number of ether oxygens (including phenoxy) is 7. The molecule has 0 aliphatic carbocycles. The molecule has 0 saturated heterocycles. The Balaban J connectivity index is 0.000000517. The summed E-state index contributed by atoms with van der Waals surface area (Å²) in [6, 6.07) is 22.5. The van der Waals surface area contributed by atoms with Crippen LogP contribution in [0.15, 0.2) is 93.3 Å². The molecule has 1 atom stereocenters. The lowest BCUT2D eigenvalue weighted by Gasteiger charge is -2.31. The molecule has 6 aromatic rings. The van der Waals surface area contributed by atoms with Gasteiger partial charge in [-0.2, -0.15) is 0 Å². The van der Waals surface area contributed by atoms with Crippen LogP contribution in [0.1, 0.15) is 233 Å². The number of aldehydes is 1. The first-order valence-electron chi connectivity index (χ1n) is 31.2. The highest BCUT2D eigenvalue weighted by Crippen LogP contribution is 2.53. The van der Waals surface area contributed by atoms with Crippen molar-refractivity contribution in [2.75, 3.05) is 28.4 Å². The van der Waals surface area contributed by atoms with E-state index in [0.29, 0.717) is 68.1 Å². The van der Waals surface area contributed by atoms with Crippen LogP contribution in [-0.2, 0) is 31.2 Å². The SMILES string of the molecule is CCCC/C=C/CCCC.CCCCCCCCCCC=O.COc1cc(-c2cc(OC)cc(C(C)(C)C)c2Op2oc3c(C(C)(C)C)cc(OC)cc3c3cc(OC)cc(C(C)(C)C)c3o2)c(OC2OC(=O)c3ccccc3O2)c(C(C)(C)C)c1. The van der Waals surface area contributed by atoms with Gasteiger partial charge in [0, 0.05) is 50.6 Å². The Morgan fingerprint density at radius 2 is 0.872 bits per heavy atom. The molecule has 13 heteroatoms. The first-order valence-corrected chi connectivity index (χ1v) is 32.3. The number of allylic oxidation sites excluding steroid dienone is 2. The largest absolute Gasteiger partial charge is 0.497 e. The summed E-state index contributed by atoms with van der Waals surface area (Å²) in [6.07, 6.45) is 24.8. The quantitative estimate of drug-likeness (QED) is 0.0247. The fraction of sp³-hybridized carbons (Fsp3) is 0.534. The number of esters is 1. The molecule has 472 valence electrons. The van der Waals surface area contributed by atoms with E-state index in [1.165, 1.54) is 83.5 Å². The second-order valence-corrected chi connectivity index (χ2v) is 27.3. The predicted octanol–water partition coefficient (Wildman–Crippen LogP) is 21.6. The van der Waals surface area contributed by atoms with Crippen LogP contribution in [0.3, 0.4) is 0 Å². The van der Waals surface area contributed by atoms with Crippen LogP contribution in [0.25, 0.3) is 33.1 Å². The lowest BCUT2D eigenvalue weighted by molar-refractivity contribution is -0.173. The van der Waals surface area contributed by atoms with Gasteiger partial charge in [-0.3, -0.25) is 0 Å². The molecule has 12 nitrogen and oxygen atoms in total. The minimum Gasteiger partial charge on any atom is -0.497 e. The molecule has 1 aromatic heterocycles.